The number of anilines is 1. The average Bonchev–Trinajstić information content (AvgIpc) is 3.00. The molecule has 1 amide bonds. The Morgan fingerprint density at radius 1 is 1.13 bits per heavy atom. The Hall–Kier alpha value is -2.79. The van der Waals surface area contributed by atoms with Crippen molar-refractivity contribution in [1.82, 2.24) is 4.98 Å². The van der Waals surface area contributed by atoms with Crippen LogP contribution >= 0.6 is 11.6 Å². The van der Waals surface area contributed by atoms with Gasteiger partial charge in [0.05, 0.1) is 23.4 Å². The standard InChI is InChI=1S/C17H13ClN2O3/c1-23-17(22)11-6-7-12(18)14(9-11)20-16(21)15-8-10-4-2-3-5-13(10)19-15/h2-9,19H,1H3,(H,20,21). The van der Waals surface area contributed by atoms with E-state index in [2.05, 4.69) is 15.0 Å². The highest BCUT2D eigenvalue weighted by Crippen LogP contribution is 2.24. The first-order valence-corrected chi connectivity index (χ1v) is 7.23. The molecule has 0 radical (unpaired) electrons. The lowest BCUT2D eigenvalue weighted by atomic mass is 10.2. The lowest BCUT2D eigenvalue weighted by molar-refractivity contribution is 0.0600. The van der Waals surface area contributed by atoms with Gasteiger partial charge in [0.15, 0.2) is 0 Å². The Morgan fingerprint density at radius 2 is 1.91 bits per heavy atom. The zero-order valence-corrected chi connectivity index (χ0v) is 13.0. The lowest BCUT2D eigenvalue weighted by Crippen LogP contribution is -2.13. The monoisotopic (exact) mass is 328 g/mol. The molecule has 0 spiro atoms. The first kappa shape index (κ1) is 15.1. The number of methoxy groups -OCH3 is 1. The Kier molecular flexibility index (Phi) is 4.04. The summed E-state index contributed by atoms with van der Waals surface area (Å²) in [4.78, 5) is 27.0. The SMILES string of the molecule is COC(=O)c1ccc(Cl)c(NC(=O)c2cc3ccccc3[nH]2)c1. The molecule has 3 aromatic rings. The van der Waals surface area contributed by atoms with Crippen molar-refractivity contribution in [3.8, 4) is 0 Å². The van der Waals surface area contributed by atoms with Gasteiger partial charge in [-0.2, -0.15) is 0 Å². The zero-order chi connectivity index (χ0) is 16.4. The Bertz CT molecular complexity index is 869. The van der Waals surface area contributed by atoms with Crippen LogP contribution in [0.2, 0.25) is 5.02 Å². The van der Waals surface area contributed by atoms with Crippen molar-refractivity contribution in [3.63, 3.8) is 0 Å². The molecule has 0 bridgehead atoms. The van der Waals surface area contributed by atoms with E-state index in [9.17, 15) is 9.59 Å². The van der Waals surface area contributed by atoms with E-state index in [1.165, 1.54) is 25.3 Å². The van der Waals surface area contributed by atoms with Gasteiger partial charge in [0.25, 0.3) is 5.91 Å². The number of esters is 1. The maximum absolute atomic E-state index is 12.4. The van der Waals surface area contributed by atoms with Gasteiger partial charge in [-0.25, -0.2) is 4.79 Å². The topological polar surface area (TPSA) is 71.2 Å². The molecule has 3 rings (SSSR count). The van der Waals surface area contributed by atoms with E-state index in [-0.39, 0.29) is 5.91 Å². The van der Waals surface area contributed by atoms with Crippen LogP contribution in [-0.2, 0) is 4.74 Å². The number of hydrogen-bond acceptors (Lipinski definition) is 3. The third-order valence-electron chi connectivity index (χ3n) is 3.41. The summed E-state index contributed by atoms with van der Waals surface area (Å²) in [5.74, 6) is -0.840. The first-order valence-electron chi connectivity index (χ1n) is 6.85. The van der Waals surface area contributed by atoms with Crippen LogP contribution < -0.4 is 5.32 Å². The molecule has 0 aliphatic carbocycles. The molecular formula is C17H13ClN2O3. The normalized spacial score (nSPS) is 10.5. The zero-order valence-electron chi connectivity index (χ0n) is 12.2. The molecule has 1 aromatic heterocycles. The van der Waals surface area contributed by atoms with Gasteiger partial charge in [-0.1, -0.05) is 29.8 Å². The van der Waals surface area contributed by atoms with E-state index in [1.54, 1.807) is 6.07 Å². The smallest absolute Gasteiger partial charge is 0.337 e. The van der Waals surface area contributed by atoms with E-state index in [0.717, 1.165) is 10.9 Å². The van der Waals surface area contributed by atoms with Gasteiger partial charge in [0.1, 0.15) is 5.69 Å². The number of rotatable bonds is 3. The summed E-state index contributed by atoms with van der Waals surface area (Å²) < 4.78 is 4.66. The molecular weight excluding hydrogens is 316 g/mol. The second-order valence-corrected chi connectivity index (χ2v) is 5.32. The van der Waals surface area contributed by atoms with Crippen LogP contribution in [0.5, 0.6) is 0 Å². The third kappa shape index (κ3) is 3.05. The summed E-state index contributed by atoms with van der Waals surface area (Å²) in [6.07, 6.45) is 0. The van der Waals surface area contributed by atoms with E-state index in [0.29, 0.717) is 22.0 Å². The quantitative estimate of drug-likeness (QED) is 0.717. The number of carbonyl (C=O) groups excluding carboxylic acids is 2. The van der Waals surface area contributed by atoms with Crippen molar-refractivity contribution in [2.45, 2.75) is 0 Å². The summed E-state index contributed by atoms with van der Waals surface area (Å²) >= 11 is 6.08. The molecule has 6 heteroatoms. The molecule has 0 saturated heterocycles. The Morgan fingerprint density at radius 3 is 2.65 bits per heavy atom. The number of H-pyrrole nitrogens is 1. The largest absolute Gasteiger partial charge is 0.465 e. The molecule has 0 aliphatic rings. The highest BCUT2D eigenvalue weighted by molar-refractivity contribution is 6.34. The fraction of sp³-hybridized carbons (Fsp3) is 0.0588. The van der Waals surface area contributed by atoms with Crippen molar-refractivity contribution in [2.75, 3.05) is 12.4 Å². The molecule has 23 heavy (non-hydrogen) atoms. The fourth-order valence-electron chi connectivity index (χ4n) is 2.25. The van der Waals surface area contributed by atoms with Gasteiger partial charge in [-0.3, -0.25) is 4.79 Å². The van der Waals surface area contributed by atoms with Crippen LogP contribution in [0, 0.1) is 0 Å². The van der Waals surface area contributed by atoms with Gasteiger partial charge >= 0.3 is 5.97 Å². The predicted octanol–water partition coefficient (Wildman–Crippen LogP) is 3.86. The van der Waals surface area contributed by atoms with E-state index in [1.807, 2.05) is 24.3 Å². The predicted molar refractivity (Wildman–Crippen MR) is 89.0 cm³/mol. The van der Waals surface area contributed by atoms with E-state index < -0.39 is 5.97 Å². The summed E-state index contributed by atoms with van der Waals surface area (Å²) in [5, 5.41) is 3.97. The van der Waals surface area contributed by atoms with Gasteiger partial charge in [0.2, 0.25) is 0 Å². The van der Waals surface area contributed by atoms with Crippen molar-refractivity contribution in [3.05, 3.63) is 64.8 Å². The van der Waals surface area contributed by atoms with Crippen molar-refractivity contribution >= 4 is 40.1 Å². The van der Waals surface area contributed by atoms with Crippen LogP contribution in [0.25, 0.3) is 10.9 Å². The van der Waals surface area contributed by atoms with Crippen LogP contribution in [0.15, 0.2) is 48.5 Å². The maximum Gasteiger partial charge on any atom is 0.337 e. The van der Waals surface area contributed by atoms with Gasteiger partial charge in [-0.05, 0) is 30.3 Å². The summed E-state index contributed by atoms with van der Waals surface area (Å²) in [7, 11) is 1.29. The number of nitrogens with one attached hydrogen (secondary N) is 2. The lowest BCUT2D eigenvalue weighted by Gasteiger charge is -2.08. The second-order valence-electron chi connectivity index (χ2n) is 4.91. The van der Waals surface area contributed by atoms with Crippen molar-refractivity contribution < 1.29 is 14.3 Å². The number of amides is 1. The molecule has 0 aliphatic heterocycles. The average molecular weight is 329 g/mol. The minimum atomic E-state index is -0.497. The minimum absolute atomic E-state index is 0.309. The number of para-hydroxylation sites is 1. The number of hydrogen-bond donors (Lipinski definition) is 2. The number of aromatic nitrogens is 1. The van der Waals surface area contributed by atoms with Crippen LogP contribution in [0.3, 0.4) is 0 Å². The number of benzene rings is 2. The molecule has 2 N–H and O–H groups in total. The van der Waals surface area contributed by atoms with Gasteiger partial charge < -0.3 is 15.0 Å². The van der Waals surface area contributed by atoms with Crippen LogP contribution in [-0.4, -0.2) is 24.0 Å². The molecule has 0 fully saturated rings. The summed E-state index contributed by atoms with van der Waals surface area (Å²) in [5.41, 5.74) is 1.93. The molecule has 0 atom stereocenters. The number of aromatic amines is 1. The number of halogens is 1. The highest BCUT2D eigenvalue weighted by Gasteiger charge is 2.14. The Labute approximate surface area is 137 Å². The number of ether oxygens (including phenoxy) is 1. The molecule has 116 valence electrons. The highest BCUT2D eigenvalue weighted by atomic mass is 35.5. The Balaban J connectivity index is 1.88. The second kappa shape index (κ2) is 6.14. The summed E-state index contributed by atoms with van der Waals surface area (Å²) in [6.45, 7) is 0. The minimum Gasteiger partial charge on any atom is -0.465 e. The number of carbonyl (C=O) groups is 2. The maximum atomic E-state index is 12.4. The van der Waals surface area contributed by atoms with E-state index >= 15 is 0 Å². The van der Waals surface area contributed by atoms with Crippen LogP contribution in [0.1, 0.15) is 20.8 Å². The molecule has 0 unspecified atom stereocenters. The number of fused-ring (bicyclic) bond motifs is 1. The van der Waals surface area contributed by atoms with Crippen LogP contribution in [0.4, 0.5) is 5.69 Å². The molecule has 5 nitrogen and oxygen atoms in total. The molecule has 1 heterocycles. The molecule has 0 saturated carbocycles. The van der Waals surface area contributed by atoms with Crippen molar-refractivity contribution in [2.24, 2.45) is 0 Å². The summed E-state index contributed by atoms with van der Waals surface area (Å²) in [6, 6.07) is 13.9. The fourth-order valence-corrected chi connectivity index (χ4v) is 2.42. The third-order valence-corrected chi connectivity index (χ3v) is 3.74. The van der Waals surface area contributed by atoms with E-state index in [4.69, 9.17) is 11.6 Å². The van der Waals surface area contributed by atoms with Gasteiger partial charge in [0, 0.05) is 10.9 Å². The van der Waals surface area contributed by atoms with Gasteiger partial charge in [-0.15, -0.1) is 0 Å². The first-order chi connectivity index (χ1) is 11.1. The van der Waals surface area contributed by atoms with Crippen molar-refractivity contribution in [1.29, 1.82) is 0 Å². The molecule has 2 aromatic carbocycles.